The highest BCUT2D eigenvalue weighted by Crippen LogP contribution is 2.47. The fourth-order valence-electron chi connectivity index (χ4n) is 5.62. The first-order valence-electron chi connectivity index (χ1n) is 10.6. The summed E-state index contributed by atoms with van der Waals surface area (Å²) >= 11 is 6.25. The van der Waals surface area contributed by atoms with Gasteiger partial charge in [0.2, 0.25) is 5.95 Å². The Kier molecular flexibility index (Phi) is 4.75. The van der Waals surface area contributed by atoms with Crippen molar-refractivity contribution in [2.24, 2.45) is 5.41 Å². The summed E-state index contributed by atoms with van der Waals surface area (Å²) in [5.41, 5.74) is 4.53. The van der Waals surface area contributed by atoms with E-state index in [1.165, 1.54) is 32.1 Å². The first-order chi connectivity index (χ1) is 14.1. The minimum Gasteiger partial charge on any atom is -0.342 e. The topological polar surface area (TPSA) is 45.5 Å². The highest BCUT2D eigenvalue weighted by molar-refractivity contribution is 6.30. The second kappa shape index (κ2) is 7.29. The average Bonchev–Trinajstić information content (AvgIpc) is 3.35. The molecule has 0 unspecified atom stereocenters. The van der Waals surface area contributed by atoms with Crippen molar-refractivity contribution in [2.75, 3.05) is 25.0 Å². The normalized spacial score (nSPS) is 21.3. The molecule has 5 rings (SSSR count). The van der Waals surface area contributed by atoms with Crippen molar-refractivity contribution < 1.29 is 0 Å². The predicted molar refractivity (Wildman–Crippen MR) is 119 cm³/mol. The monoisotopic (exact) mass is 409 g/mol. The number of piperidine rings is 1. The molecule has 2 fully saturated rings. The third-order valence-electron chi connectivity index (χ3n) is 7.12. The average molecular weight is 410 g/mol. The molecule has 0 radical (unpaired) electrons. The van der Waals surface area contributed by atoms with Crippen LogP contribution in [-0.4, -0.2) is 40.5 Å². The van der Waals surface area contributed by atoms with Crippen LogP contribution in [0.5, 0.6) is 0 Å². The molecule has 3 heterocycles. The molecular formula is C23H28ClN5. The molecule has 1 aromatic carbocycles. The maximum atomic E-state index is 6.25. The van der Waals surface area contributed by atoms with Crippen molar-refractivity contribution in [3.63, 3.8) is 0 Å². The largest absolute Gasteiger partial charge is 0.342 e. The number of fused-ring (bicyclic) bond motifs is 1. The zero-order valence-electron chi connectivity index (χ0n) is 17.2. The molecule has 6 heteroatoms. The van der Waals surface area contributed by atoms with Crippen molar-refractivity contribution in [1.82, 2.24) is 19.7 Å². The summed E-state index contributed by atoms with van der Waals surface area (Å²) in [5.74, 6) is 1.01. The second-order valence-electron chi connectivity index (χ2n) is 8.59. The minimum atomic E-state index is 0.467. The standard InChI is InChI=1S/C23H28ClN5/c1-16-20(17-5-3-6-18(24)15-17)21-26-11-14-29(21)22(27-16)28-12-9-23(10-13-28)8-4-7-19(23)25-2/h3,5-6,11,14-15,19,25H,4,7-10,12-13H2,1-2H3/t19-/m1/s1. The molecule has 29 heavy (non-hydrogen) atoms. The molecule has 1 saturated carbocycles. The second-order valence-corrected chi connectivity index (χ2v) is 9.02. The number of anilines is 1. The van der Waals surface area contributed by atoms with Gasteiger partial charge in [0.15, 0.2) is 0 Å². The van der Waals surface area contributed by atoms with Gasteiger partial charge in [0.25, 0.3) is 0 Å². The Morgan fingerprint density at radius 3 is 2.79 bits per heavy atom. The number of aromatic nitrogens is 3. The molecular weight excluding hydrogens is 382 g/mol. The van der Waals surface area contributed by atoms with E-state index in [0.29, 0.717) is 11.5 Å². The van der Waals surface area contributed by atoms with Crippen LogP contribution >= 0.6 is 11.6 Å². The fraction of sp³-hybridized carbons (Fsp3) is 0.478. The smallest absolute Gasteiger partial charge is 0.211 e. The number of hydrogen-bond acceptors (Lipinski definition) is 4. The van der Waals surface area contributed by atoms with Gasteiger partial charge in [-0.2, -0.15) is 0 Å². The first-order valence-corrected chi connectivity index (χ1v) is 11.0. The molecule has 5 nitrogen and oxygen atoms in total. The lowest BCUT2D eigenvalue weighted by Crippen LogP contribution is -2.48. The van der Waals surface area contributed by atoms with E-state index in [0.717, 1.165) is 46.5 Å². The lowest BCUT2D eigenvalue weighted by molar-refractivity contribution is 0.177. The minimum absolute atomic E-state index is 0.467. The number of hydrogen-bond donors (Lipinski definition) is 1. The van der Waals surface area contributed by atoms with E-state index in [2.05, 4.69) is 39.6 Å². The number of nitrogens with zero attached hydrogens (tertiary/aromatic N) is 4. The number of halogens is 1. The van der Waals surface area contributed by atoms with Gasteiger partial charge in [0, 0.05) is 42.1 Å². The van der Waals surface area contributed by atoms with Crippen LogP contribution in [0.4, 0.5) is 5.95 Å². The molecule has 1 atom stereocenters. The van der Waals surface area contributed by atoms with E-state index in [4.69, 9.17) is 16.6 Å². The molecule has 1 aliphatic carbocycles. The van der Waals surface area contributed by atoms with Crippen LogP contribution in [0, 0.1) is 12.3 Å². The summed E-state index contributed by atoms with van der Waals surface area (Å²) in [6, 6.07) is 8.61. The maximum absolute atomic E-state index is 6.25. The van der Waals surface area contributed by atoms with Gasteiger partial charge < -0.3 is 10.2 Å². The van der Waals surface area contributed by atoms with E-state index in [1.54, 1.807) is 0 Å². The molecule has 1 N–H and O–H groups in total. The van der Waals surface area contributed by atoms with Gasteiger partial charge in [0.1, 0.15) is 5.65 Å². The molecule has 0 amide bonds. The summed E-state index contributed by atoms with van der Waals surface area (Å²) in [6.45, 7) is 4.18. The first kappa shape index (κ1) is 18.9. The molecule has 2 aliphatic rings. The van der Waals surface area contributed by atoms with E-state index in [9.17, 15) is 0 Å². The number of aryl methyl sites for hydroxylation is 1. The maximum Gasteiger partial charge on any atom is 0.211 e. The van der Waals surface area contributed by atoms with Gasteiger partial charge >= 0.3 is 0 Å². The van der Waals surface area contributed by atoms with Crippen molar-refractivity contribution in [1.29, 1.82) is 0 Å². The van der Waals surface area contributed by atoms with Crippen LogP contribution < -0.4 is 10.2 Å². The van der Waals surface area contributed by atoms with E-state index in [1.807, 2.05) is 30.6 Å². The Balaban J connectivity index is 1.50. The van der Waals surface area contributed by atoms with Crippen LogP contribution in [0.15, 0.2) is 36.7 Å². The Labute approximate surface area is 177 Å². The molecule has 1 spiro atoms. The summed E-state index contributed by atoms with van der Waals surface area (Å²) in [7, 11) is 2.12. The Hall–Kier alpha value is -2.11. The van der Waals surface area contributed by atoms with E-state index in [-0.39, 0.29) is 0 Å². The van der Waals surface area contributed by atoms with Crippen LogP contribution in [0.1, 0.15) is 37.8 Å². The molecule has 2 aromatic heterocycles. The number of imidazole rings is 1. The zero-order valence-corrected chi connectivity index (χ0v) is 17.9. The molecule has 152 valence electrons. The van der Waals surface area contributed by atoms with E-state index < -0.39 is 0 Å². The number of rotatable bonds is 3. The predicted octanol–water partition coefficient (Wildman–Crippen LogP) is 4.72. The van der Waals surface area contributed by atoms with Crippen LogP contribution in [0.3, 0.4) is 0 Å². The van der Waals surface area contributed by atoms with E-state index >= 15 is 0 Å². The lowest BCUT2D eigenvalue weighted by atomic mass is 9.74. The van der Waals surface area contributed by atoms with Gasteiger partial charge in [-0.3, -0.25) is 4.40 Å². The Bertz CT molecular complexity index is 1030. The molecule has 3 aromatic rings. The third-order valence-corrected chi connectivity index (χ3v) is 7.35. The SMILES string of the molecule is CN[C@@H]1CCCC12CCN(c1nc(C)c(-c3cccc(Cl)c3)c3nccn13)CC2. The summed E-state index contributed by atoms with van der Waals surface area (Å²) in [5, 5.41) is 4.31. The highest BCUT2D eigenvalue weighted by atomic mass is 35.5. The lowest BCUT2D eigenvalue weighted by Gasteiger charge is -2.43. The molecule has 0 bridgehead atoms. The van der Waals surface area contributed by atoms with Gasteiger partial charge in [-0.1, -0.05) is 30.2 Å². The van der Waals surface area contributed by atoms with Gasteiger partial charge in [-0.15, -0.1) is 0 Å². The zero-order chi connectivity index (χ0) is 20.0. The van der Waals surface area contributed by atoms with Gasteiger partial charge in [0.05, 0.1) is 5.69 Å². The molecule has 1 aliphatic heterocycles. The number of benzene rings is 1. The van der Waals surface area contributed by atoms with Gasteiger partial charge in [-0.25, -0.2) is 9.97 Å². The Morgan fingerprint density at radius 2 is 2.03 bits per heavy atom. The highest BCUT2D eigenvalue weighted by Gasteiger charge is 2.44. The Morgan fingerprint density at radius 1 is 1.21 bits per heavy atom. The third kappa shape index (κ3) is 3.11. The van der Waals surface area contributed by atoms with Crippen LogP contribution in [0.2, 0.25) is 5.02 Å². The van der Waals surface area contributed by atoms with Crippen LogP contribution in [0.25, 0.3) is 16.8 Å². The number of nitrogens with one attached hydrogen (secondary N) is 1. The summed E-state index contributed by atoms with van der Waals surface area (Å²) in [6.07, 6.45) is 10.4. The van der Waals surface area contributed by atoms with Crippen LogP contribution in [-0.2, 0) is 0 Å². The van der Waals surface area contributed by atoms with Gasteiger partial charge in [-0.05, 0) is 62.8 Å². The van der Waals surface area contributed by atoms with Crippen molar-refractivity contribution >= 4 is 23.2 Å². The summed E-state index contributed by atoms with van der Waals surface area (Å²) < 4.78 is 2.14. The van der Waals surface area contributed by atoms with Crippen molar-refractivity contribution in [2.45, 2.75) is 45.1 Å². The quantitative estimate of drug-likeness (QED) is 0.680. The van der Waals surface area contributed by atoms with Crippen molar-refractivity contribution in [3.05, 3.63) is 47.4 Å². The fourth-order valence-corrected chi connectivity index (χ4v) is 5.81. The summed E-state index contributed by atoms with van der Waals surface area (Å²) in [4.78, 5) is 12.2. The van der Waals surface area contributed by atoms with Crippen molar-refractivity contribution in [3.8, 4) is 11.1 Å². The molecule has 1 saturated heterocycles.